The molecular formula is C11H8BrO. The molecule has 2 heteroatoms. The van der Waals surface area contributed by atoms with Crippen LogP contribution in [0.2, 0.25) is 0 Å². The van der Waals surface area contributed by atoms with Crippen LogP contribution in [0.15, 0.2) is 42.5 Å². The van der Waals surface area contributed by atoms with E-state index >= 15 is 0 Å². The second-order valence-corrected chi connectivity index (χ2v) is 3.72. The van der Waals surface area contributed by atoms with E-state index in [9.17, 15) is 5.11 Å². The minimum Gasteiger partial charge on any atom is -0.215 e. The van der Waals surface area contributed by atoms with Gasteiger partial charge in [0, 0.05) is 5.56 Å². The number of rotatable bonds is 1. The number of hydrogen-bond acceptors (Lipinski definition) is 0. The van der Waals surface area contributed by atoms with Gasteiger partial charge in [0.2, 0.25) is 0 Å². The Morgan fingerprint density at radius 2 is 1.69 bits per heavy atom. The summed E-state index contributed by atoms with van der Waals surface area (Å²) in [6.45, 7) is 0. The topological polar surface area (TPSA) is 19.9 Å². The van der Waals surface area contributed by atoms with Crippen LogP contribution in [0.25, 0.3) is 10.8 Å². The Morgan fingerprint density at radius 3 is 2.46 bits per heavy atom. The molecule has 2 aromatic carbocycles. The third-order valence-electron chi connectivity index (χ3n) is 2.07. The Labute approximate surface area is 85.1 Å². The molecule has 13 heavy (non-hydrogen) atoms. The summed E-state index contributed by atoms with van der Waals surface area (Å²) in [7, 11) is 0. The first-order chi connectivity index (χ1) is 6.29. The standard InChI is InChI=1S/C11H8BrO/c12-11(13)10-7-3-5-8-4-1-2-6-9(8)10/h1-7,11H. The fourth-order valence-electron chi connectivity index (χ4n) is 1.45. The maximum atomic E-state index is 11.3. The first-order valence-electron chi connectivity index (χ1n) is 4.06. The highest BCUT2D eigenvalue weighted by molar-refractivity contribution is 9.09. The average Bonchev–Trinajstić information content (AvgIpc) is 2.17. The van der Waals surface area contributed by atoms with Crippen molar-refractivity contribution in [2.75, 3.05) is 0 Å². The summed E-state index contributed by atoms with van der Waals surface area (Å²) in [5, 5.41) is 12.6. The average molecular weight is 236 g/mol. The van der Waals surface area contributed by atoms with E-state index < -0.39 is 5.01 Å². The SMILES string of the molecule is [O]C(Br)c1cccc2ccccc12. The zero-order chi connectivity index (χ0) is 9.26. The van der Waals surface area contributed by atoms with Crippen LogP contribution in [-0.4, -0.2) is 0 Å². The van der Waals surface area contributed by atoms with Crippen molar-refractivity contribution >= 4 is 26.7 Å². The Morgan fingerprint density at radius 1 is 1.00 bits per heavy atom. The van der Waals surface area contributed by atoms with Gasteiger partial charge in [0.25, 0.3) is 0 Å². The van der Waals surface area contributed by atoms with E-state index in [4.69, 9.17) is 0 Å². The second-order valence-electron chi connectivity index (χ2n) is 2.88. The number of hydrogen-bond donors (Lipinski definition) is 0. The third-order valence-corrected chi connectivity index (χ3v) is 2.56. The van der Waals surface area contributed by atoms with Crippen LogP contribution >= 0.6 is 15.9 Å². The molecule has 0 N–H and O–H groups in total. The molecular weight excluding hydrogens is 228 g/mol. The molecule has 0 spiro atoms. The van der Waals surface area contributed by atoms with Gasteiger partial charge >= 0.3 is 0 Å². The summed E-state index contributed by atoms with van der Waals surface area (Å²) in [6, 6.07) is 13.7. The number of fused-ring (bicyclic) bond motifs is 1. The predicted octanol–water partition coefficient (Wildman–Crippen LogP) is 3.66. The number of benzene rings is 2. The molecule has 2 rings (SSSR count). The normalized spacial score (nSPS) is 13.1. The summed E-state index contributed by atoms with van der Waals surface area (Å²) in [5.74, 6) is 0. The summed E-state index contributed by atoms with van der Waals surface area (Å²) in [4.78, 5) is 0. The van der Waals surface area contributed by atoms with Crippen molar-refractivity contribution in [2.45, 2.75) is 5.01 Å². The molecule has 0 aliphatic rings. The molecule has 0 fully saturated rings. The van der Waals surface area contributed by atoms with Gasteiger partial charge in [-0.3, -0.25) is 0 Å². The van der Waals surface area contributed by atoms with E-state index in [2.05, 4.69) is 15.9 Å². The fourth-order valence-corrected chi connectivity index (χ4v) is 1.85. The zero-order valence-electron chi connectivity index (χ0n) is 6.91. The molecule has 2 aromatic rings. The van der Waals surface area contributed by atoms with Gasteiger partial charge in [-0.15, -0.1) is 0 Å². The molecule has 1 radical (unpaired) electrons. The maximum absolute atomic E-state index is 11.3. The van der Waals surface area contributed by atoms with E-state index in [1.807, 2.05) is 42.5 Å². The van der Waals surface area contributed by atoms with Crippen molar-refractivity contribution in [3.63, 3.8) is 0 Å². The van der Waals surface area contributed by atoms with Crippen LogP contribution < -0.4 is 0 Å². The van der Waals surface area contributed by atoms with Crippen LogP contribution in [0, 0.1) is 0 Å². The fraction of sp³-hybridized carbons (Fsp3) is 0.0909. The Balaban J connectivity index is 2.76. The molecule has 1 atom stereocenters. The van der Waals surface area contributed by atoms with Crippen LogP contribution in [-0.2, 0) is 5.11 Å². The van der Waals surface area contributed by atoms with E-state index in [1.165, 1.54) is 0 Å². The van der Waals surface area contributed by atoms with E-state index in [0.29, 0.717) is 0 Å². The molecule has 0 saturated carbocycles. The third kappa shape index (κ3) is 1.60. The van der Waals surface area contributed by atoms with Gasteiger partial charge in [-0.2, -0.15) is 0 Å². The van der Waals surface area contributed by atoms with E-state index in [1.54, 1.807) is 0 Å². The highest BCUT2D eigenvalue weighted by Crippen LogP contribution is 2.27. The molecule has 0 amide bonds. The van der Waals surface area contributed by atoms with Gasteiger partial charge in [0.15, 0.2) is 5.01 Å². The van der Waals surface area contributed by atoms with Crippen LogP contribution in [0.4, 0.5) is 0 Å². The lowest BCUT2D eigenvalue weighted by Gasteiger charge is -2.05. The van der Waals surface area contributed by atoms with Gasteiger partial charge in [-0.25, -0.2) is 5.11 Å². The lowest BCUT2D eigenvalue weighted by Crippen LogP contribution is -1.86. The van der Waals surface area contributed by atoms with Crippen molar-refractivity contribution in [3.05, 3.63) is 48.0 Å². The molecule has 0 aliphatic heterocycles. The Hall–Kier alpha value is -0.860. The van der Waals surface area contributed by atoms with E-state index in [0.717, 1.165) is 16.3 Å². The van der Waals surface area contributed by atoms with Gasteiger partial charge in [-0.1, -0.05) is 42.5 Å². The van der Waals surface area contributed by atoms with Crippen LogP contribution in [0.5, 0.6) is 0 Å². The summed E-state index contributed by atoms with van der Waals surface area (Å²) in [5.41, 5.74) is 0.804. The highest BCUT2D eigenvalue weighted by Gasteiger charge is 2.07. The molecule has 0 bridgehead atoms. The second kappa shape index (κ2) is 3.48. The number of alkyl halides is 1. The minimum absolute atomic E-state index is 0.804. The summed E-state index contributed by atoms with van der Waals surface area (Å²) < 4.78 is 0. The van der Waals surface area contributed by atoms with Crippen molar-refractivity contribution in [2.24, 2.45) is 0 Å². The number of halogens is 1. The minimum atomic E-state index is -0.835. The van der Waals surface area contributed by atoms with Crippen molar-refractivity contribution in [1.82, 2.24) is 0 Å². The molecule has 0 heterocycles. The van der Waals surface area contributed by atoms with Crippen LogP contribution in [0.3, 0.4) is 0 Å². The first-order valence-corrected chi connectivity index (χ1v) is 4.98. The smallest absolute Gasteiger partial charge is 0.173 e. The molecule has 0 aromatic heterocycles. The first kappa shape index (κ1) is 8.73. The highest BCUT2D eigenvalue weighted by atomic mass is 79.9. The van der Waals surface area contributed by atoms with Gasteiger partial charge < -0.3 is 0 Å². The molecule has 1 nitrogen and oxygen atoms in total. The Bertz CT molecular complexity index is 418. The summed E-state index contributed by atoms with van der Waals surface area (Å²) in [6.07, 6.45) is 0. The van der Waals surface area contributed by atoms with Crippen molar-refractivity contribution in [1.29, 1.82) is 0 Å². The molecule has 1 unspecified atom stereocenters. The maximum Gasteiger partial charge on any atom is 0.173 e. The monoisotopic (exact) mass is 235 g/mol. The van der Waals surface area contributed by atoms with Gasteiger partial charge in [0.05, 0.1) is 0 Å². The summed E-state index contributed by atoms with van der Waals surface area (Å²) >= 11 is 3.05. The lowest BCUT2D eigenvalue weighted by molar-refractivity contribution is 0.175. The zero-order valence-corrected chi connectivity index (χ0v) is 8.49. The predicted molar refractivity (Wildman–Crippen MR) is 56.3 cm³/mol. The molecule has 65 valence electrons. The molecule has 0 saturated heterocycles. The Kier molecular flexibility index (Phi) is 2.34. The lowest BCUT2D eigenvalue weighted by atomic mass is 10.1. The van der Waals surface area contributed by atoms with E-state index in [-0.39, 0.29) is 0 Å². The molecule has 0 aliphatic carbocycles. The largest absolute Gasteiger partial charge is 0.215 e. The van der Waals surface area contributed by atoms with Crippen molar-refractivity contribution < 1.29 is 5.11 Å². The van der Waals surface area contributed by atoms with Gasteiger partial charge in [-0.05, 0) is 26.7 Å². The quantitative estimate of drug-likeness (QED) is 0.673. The van der Waals surface area contributed by atoms with Crippen LogP contribution in [0.1, 0.15) is 10.6 Å². The van der Waals surface area contributed by atoms with Gasteiger partial charge in [0.1, 0.15) is 0 Å². The van der Waals surface area contributed by atoms with Crippen molar-refractivity contribution in [3.8, 4) is 0 Å².